The highest BCUT2D eigenvalue weighted by Crippen LogP contribution is 2.19. The summed E-state index contributed by atoms with van der Waals surface area (Å²) >= 11 is 0. The Morgan fingerprint density at radius 2 is 2.18 bits per heavy atom. The predicted molar refractivity (Wildman–Crippen MR) is 65.5 cm³/mol. The van der Waals surface area contributed by atoms with Gasteiger partial charge in [-0.2, -0.15) is 5.10 Å². The van der Waals surface area contributed by atoms with Gasteiger partial charge in [0.2, 0.25) is 0 Å². The third kappa shape index (κ3) is 4.29. The number of nitrogens with zero attached hydrogens (tertiary/aromatic N) is 2. The second-order valence-corrected chi connectivity index (χ2v) is 6.17. The van der Waals surface area contributed by atoms with E-state index >= 15 is 0 Å². The zero-order valence-electron chi connectivity index (χ0n) is 10.0. The molecular weight excluding hydrogens is 264 g/mol. The van der Waals surface area contributed by atoms with Crippen LogP contribution in [0.4, 0.5) is 0 Å². The van der Waals surface area contributed by atoms with Crippen molar-refractivity contribution in [3.8, 4) is 0 Å². The first-order valence-corrected chi connectivity index (χ1v) is 7.88. The third-order valence-electron chi connectivity index (χ3n) is 2.27. The maximum atomic E-state index is 11.3. The number of halogens is 1. The summed E-state index contributed by atoms with van der Waals surface area (Å²) < 4.78 is 29.5. The van der Waals surface area contributed by atoms with E-state index in [2.05, 4.69) is 12.0 Å². The van der Waals surface area contributed by atoms with Crippen molar-refractivity contribution in [1.82, 2.24) is 9.78 Å². The largest absolute Gasteiger partial charge is 0.375 e. The molecule has 0 aliphatic carbocycles. The van der Waals surface area contributed by atoms with E-state index in [0.29, 0.717) is 18.8 Å². The van der Waals surface area contributed by atoms with E-state index in [-0.39, 0.29) is 11.5 Å². The average molecular weight is 281 g/mol. The van der Waals surface area contributed by atoms with Crippen LogP contribution in [-0.4, -0.2) is 24.8 Å². The summed E-state index contributed by atoms with van der Waals surface area (Å²) in [5, 5.41) is 4.12. The summed E-state index contributed by atoms with van der Waals surface area (Å²) in [6.07, 6.45) is 3.41. The lowest BCUT2D eigenvalue weighted by atomic mass is 10.4. The van der Waals surface area contributed by atoms with E-state index in [1.165, 1.54) is 10.9 Å². The van der Waals surface area contributed by atoms with Gasteiger partial charge in [-0.05, 0) is 13.3 Å². The molecule has 0 spiro atoms. The van der Waals surface area contributed by atoms with Gasteiger partial charge >= 0.3 is 0 Å². The first kappa shape index (κ1) is 14.5. The van der Waals surface area contributed by atoms with Gasteiger partial charge in [-0.3, -0.25) is 4.68 Å². The topological polar surface area (TPSA) is 61.2 Å². The van der Waals surface area contributed by atoms with E-state index in [1.54, 1.807) is 0 Å². The Labute approximate surface area is 106 Å². The van der Waals surface area contributed by atoms with Gasteiger partial charge in [-0.1, -0.05) is 13.3 Å². The van der Waals surface area contributed by atoms with Gasteiger partial charge < -0.3 is 4.74 Å². The first-order chi connectivity index (χ1) is 7.99. The molecule has 0 atom stereocenters. The average Bonchev–Trinajstić information content (AvgIpc) is 2.67. The SMILES string of the molecule is CCCCOCc1nn(CC)cc1S(=O)(=O)Cl. The molecule has 0 fully saturated rings. The molecule has 17 heavy (non-hydrogen) atoms. The third-order valence-corrected chi connectivity index (χ3v) is 3.63. The van der Waals surface area contributed by atoms with Crippen molar-refractivity contribution in [2.75, 3.05) is 6.61 Å². The van der Waals surface area contributed by atoms with Crippen molar-refractivity contribution in [2.45, 2.75) is 44.7 Å². The molecule has 0 unspecified atom stereocenters. The predicted octanol–water partition coefficient (Wildman–Crippen LogP) is 2.15. The lowest BCUT2D eigenvalue weighted by Crippen LogP contribution is -2.01. The standard InChI is InChI=1S/C10H17ClN2O3S/c1-3-5-6-16-8-9-10(17(11,14)15)7-13(4-2)12-9/h7H,3-6,8H2,1-2H3. The maximum Gasteiger partial charge on any atom is 0.264 e. The van der Waals surface area contributed by atoms with Crippen LogP contribution in [0.2, 0.25) is 0 Å². The zero-order valence-corrected chi connectivity index (χ0v) is 11.6. The van der Waals surface area contributed by atoms with Crippen molar-refractivity contribution in [1.29, 1.82) is 0 Å². The van der Waals surface area contributed by atoms with E-state index in [4.69, 9.17) is 15.4 Å². The number of aromatic nitrogens is 2. The van der Waals surface area contributed by atoms with Gasteiger partial charge in [-0.25, -0.2) is 8.42 Å². The number of ether oxygens (including phenoxy) is 1. The van der Waals surface area contributed by atoms with Crippen LogP contribution in [0.15, 0.2) is 11.1 Å². The van der Waals surface area contributed by atoms with E-state index < -0.39 is 9.05 Å². The normalized spacial score (nSPS) is 11.9. The molecule has 98 valence electrons. The van der Waals surface area contributed by atoms with Crippen molar-refractivity contribution >= 4 is 19.7 Å². The fourth-order valence-electron chi connectivity index (χ4n) is 1.32. The van der Waals surface area contributed by atoms with Gasteiger partial charge in [0.15, 0.2) is 0 Å². The molecule has 1 aromatic rings. The molecule has 1 rings (SSSR count). The molecule has 0 N–H and O–H groups in total. The molecule has 0 aliphatic rings. The Bertz CT molecular complexity index is 456. The van der Waals surface area contributed by atoms with E-state index in [9.17, 15) is 8.42 Å². The Morgan fingerprint density at radius 1 is 1.47 bits per heavy atom. The van der Waals surface area contributed by atoms with Crippen LogP contribution in [-0.2, 0) is 26.9 Å². The Balaban J connectivity index is 2.79. The minimum atomic E-state index is -3.76. The smallest absolute Gasteiger partial charge is 0.264 e. The second-order valence-electron chi connectivity index (χ2n) is 3.64. The molecule has 0 saturated heterocycles. The number of hydrogen-bond acceptors (Lipinski definition) is 4. The molecule has 0 radical (unpaired) electrons. The van der Waals surface area contributed by atoms with Gasteiger partial charge in [0, 0.05) is 30.0 Å². The van der Waals surface area contributed by atoms with Crippen LogP contribution in [0.3, 0.4) is 0 Å². The minimum absolute atomic E-state index is 0.0394. The van der Waals surface area contributed by atoms with Crippen LogP contribution >= 0.6 is 10.7 Å². The quantitative estimate of drug-likeness (QED) is 0.567. The van der Waals surface area contributed by atoms with Crippen molar-refractivity contribution in [3.05, 3.63) is 11.9 Å². The summed E-state index contributed by atoms with van der Waals surface area (Å²) in [6.45, 7) is 5.29. The van der Waals surface area contributed by atoms with E-state index in [1.807, 2.05) is 6.92 Å². The highest BCUT2D eigenvalue weighted by molar-refractivity contribution is 8.13. The molecule has 0 bridgehead atoms. The molecule has 0 saturated carbocycles. The van der Waals surface area contributed by atoms with Crippen LogP contribution in [0.1, 0.15) is 32.4 Å². The summed E-state index contributed by atoms with van der Waals surface area (Å²) in [5.74, 6) is 0. The fraction of sp³-hybridized carbons (Fsp3) is 0.700. The van der Waals surface area contributed by atoms with E-state index in [0.717, 1.165) is 12.8 Å². The monoisotopic (exact) mass is 280 g/mol. The van der Waals surface area contributed by atoms with Crippen molar-refractivity contribution in [3.63, 3.8) is 0 Å². The summed E-state index contributed by atoms with van der Waals surface area (Å²) in [7, 11) is 1.58. The lowest BCUT2D eigenvalue weighted by molar-refractivity contribution is 0.113. The molecule has 7 heteroatoms. The van der Waals surface area contributed by atoms with Crippen molar-refractivity contribution in [2.24, 2.45) is 0 Å². The first-order valence-electron chi connectivity index (χ1n) is 5.57. The van der Waals surface area contributed by atoms with Crippen LogP contribution in [0, 0.1) is 0 Å². The van der Waals surface area contributed by atoms with Crippen molar-refractivity contribution < 1.29 is 13.2 Å². The highest BCUT2D eigenvalue weighted by atomic mass is 35.7. The van der Waals surface area contributed by atoms with Gasteiger partial charge in [0.25, 0.3) is 9.05 Å². The van der Waals surface area contributed by atoms with Gasteiger partial charge in [0.05, 0.1) is 6.61 Å². The van der Waals surface area contributed by atoms with Crippen LogP contribution in [0.5, 0.6) is 0 Å². The minimum Gasteiger partial charge on any atom is -0.375 e. The lowest BCUT2D eigenvalue weighted by Gasteiger charge is -2.01. The Morgan fingerprint density at radius 3 is 2.71 bits per heavy atom. The zero-order chi connectivity index (χ0) is 12.9. The summed E-state index contributed by atoms with van der Waals surface area (Å²) in [4.78, 5) is 0.0394. The van der Waals surface area contributed by atoms with Crippen LogP contribution in [0.25, 0.3) is 0 Å². The van der Waals surface area contributed by atoms with Gasteiger partial charge in [0.1, 0.15) is 10.6 Å². The molecule has 1 heterocycles. The second kappa shape index (κ2) is 6.37. The number of aryl methyl sites for hydroxylation is 1. The van der Waals surface area contributed by atoms with Gasteiger partial charge in [-0.15, -0.1) is 0 Å². The van der Waals surface area contributed by atoms with Crippen LogP contribution < -0.4 is 0 Å². The number of rotatable bonds is 7. The fourth-order valence-corrected chi connectivity index (χ4v) is 2.34. The Hall–Kier alpha value is -0.590. The molecular formula is C10H17ClN2O3S. The molecule has 5 nitrogen and oxygen atoms in total. The summed E-state index contributed by atoms with van der Waals surface area (Å²) in [6, 6.07) is 0. The molecule has 0 aromatic carbocycles. The number of unbranched alkanes of at least 4 members (excludes halogenated alkanes) is 1. The molecule has 1 aromatic heterocycles. The molecule has 0 amide bonds. The Kier molecular flexibility index (Phi) is 5.42. The maximum absolute atomic E-state index is 11.3. The molecule has 0 aliphatic heterocycles. The highest BCUT2D eigenvalue weighted by Gasteiger charge is 2.19. The number of hydrogen-bond donors (Lipinski definition) is 0. The summed E-state index contributed by atoms with van der Waals surface area (Å²) in [5.41, 5.74) is 0.373.